The van der Waals surface area contributed by atoms with E-state index in [1.807, 2.05) is 25.1 Å². The van der Waals surface area contributed by atoms with Crippen LogP contribution in [0.3, 0.4) is 0 Å². The Morgan fingerprint density at radius 2 is 2.23 bits per heavy atom. The first-order valence-corrected chi connectivity index (χ1v) is 9.76. The standard InChI is InChI=1S/C16H17N3O5S2/c1-2-23-10-3-4-11-12(7-10)26-15(17-11)18-13(20)9-24-14(21)8-19-5-6-25-16(19)22/h3-4,7H,2,5-6,8-9H2,1H3,(H,17,18,20). The summed E-state index contributed by atoms with van der Waals surface area (Å²) in [5.41, 5.74) is 0.746. The van der Waals surface area contributed by atoms with E-state index in [1.54, 1.807) is 0 Å². The quantitative estimate of drug-likeness (QED) is 0.719. The maximum Gasteiger partial charge on any atom is 0.326 e. The topological polar surface area (TPSA) is 97.8 Å². The van der Waals surface area contributed by atoms with Crippen molar-refractivity contribution in [3.05, 3.63) is 18.2 Å². The Labute approximate surface area is 157 Å². The van der Waals surface area contributed by atoms with Crippen molar-refractivity contribution in [2.24, 2.45) is 0 Å². The normalized spacial score (nSPS) is 13.9. The number of anilines is 1. The minimum atomic E-state index is -0.610. The van der Waals surface area contributed by atoms with Gasteiger partial charge in [-0.05, 0) is 25.1 Å². The average Bonchev–Trinajstić information content (AvgIpc) is 3.18. The number of hydrogen-bond acceptors (Lipinski definition) is 8. The van der Waals surface area contributed by atoms with Gasteiger partial charge in [0.2, 0.25) is 0 Å². The highest BCUT2D eigenvalue weighted by molar-refractivity contribution is 8.13. The maximum atomic E-state index is 11.9. The molecule has 1 N–H and O–H groups in total. The van der Waals surface area contributed by atoms with Crippen LogP contribution in [-0.4, -0.2) is 59.1 Å². The van der Waals surface area contributed by atoms with E-state index in [-0.39, 0.29) is 11.8 Å². The molecule has 0 unspecified atom stereocenters. The van der Waals surface area contributed by atoms with Gasteiger partial charge in [0.15, 0.2) is 11.7 Å². The summed E-state index contributed by atoms with van der Waals surface area (Å²) >= 11 is 2.47. The van der Waals surface area contributed by atoms with E-state index in [4.69, 9.17) is 9.47 Å². The van der Waals surface area contributed by atoms with E-state index in [9.17, 15) is 14.4 Å². The van der Waals surface area contributed by atoms with Gasteiger partial charge in [0.1, 0.15) is 12.3 Å². The number of ether oxygens (including phenoxy) is 2. The van der Waals surface area contributed by atoms with Crippen LogP contribution < -0.4 is 10.1 Å². The highest BCUT2D eigenvalue weighted by Crippen LogP contribution is 2.29. The zero-order chi connectivity index (χ0) is 18.5. The van der Waals surface area contributed by atoms with Crippen molar-refractivity contribution < 1.29 is 23.9 Å². The Hall–Kier alpha value is -2.33. The van der Waals surface area contributed by atoms with Gasteiger partial charge in [-0.3, -0.25) is 19.7 Å². The highest BCUT2D eigenvalue weighted by atomic mass is 32.2. The molecule has 1 aromatic heterocycles. The van der Waals surface area contributed by atoms with E-state index in [2.05, 4.69) is 10.3 Å². The fraction of sp³-hybridized carbons (Fsp3) is 0.375. The smallest absolute Gasteiger partial charge is 0.326 e. The molecule has 2 aromatic rings. The summed E-state index contributed by atoms with van der Waals surface area (Å²) in [5.74, 6) is 0.311. The molecular weight excluding hydrogens is 378 g/mol. The van der Waals surface area contributed by atoms with Crippen molar-refractivity contribution in [1.82, 2.24) is 9.88 Å². The molecule has 1 saturated heterocycles. The minimum Gasteiger partial charge on any atom is -0.494 e. The van der Waals surface area contributed by atoms with E-state index >= 15 is 0 Å². The fourth-order valence-electron chi connectivity index (χ4n) is 2.29. The number of nitrogens with one attached hydrogen (secondary N) is 1. The number of fused-ring (bicyclic) bond motifs is 1. The second-order valence-electron chi connectivity index (χ2n) is 5.33. The summed E-state index contributed by atoms with van der Waals surface area (Å²) in [6, 6.07) is 5.49. The molecule has 1 aliphatic rings. The molecule has 1 fully saturated rings. The molecular formula is C16H17N3O5S2. The number of amides is 2. The molecule has 3 rings (SSSR count). The first-order chi connectivity index (χ1) is 12.5. The molecule has 8 nitrogen and oxygen atoms in total. The second kappa shape index (κ2) is 8.37. The van der Waals surface area contributed by atoms with Crippen LogP contribution in [0.5, 0.6) is 5.75 Å². The number of rotatable bonds is 7. The predicted molar refractivity (Wildman–Crippen MR) is 99.8 cm³/mol. The molecule has 26 heavy (non-hydrogen) atoms. The van der Waals surface area contributed by atoms with Crippen LogP contribution in [0.25, 0.3) is 10.2 Å². The van der Waals surface area contributed by atoms with Crippen molar-refractivity contribution in [2.75, 3.05) is 37.4 Å². The Morgan fingerprint density at radius 1 is 1.38 bits per heavy atom. The number of esters is 1. The monoisotopic (exact) mass is 395 g/mol. The predicted octanol–water partition coefficient (Wildman–Crippen LogP) is 2.35. The SMILES string of the molecule is CCOc1ccc2nc(NC(=O)COC(=O)CN3CCSC3=O)sc2c1. The van der Waals surface area contributed by atoms with Crippen LogP contribution in [0, 0.1) is 0 Å². The molecule has 0 spiro atoms. The zero-order valence-corrected chi connectivity index (χ0v) is 15.7. The van der Waals surface area contributed by atoms with Gasteiger partial charge in [0.05, 0.1) is 16.8 Å². The summed E-state index contributed by atoms with van der Waals surface area (Å²) in [4.78, 5) is 40.8. The van der Waals surface area contributed by atoms with Crippen LogP contribution >= 0.6 is 23.1 Å². The molecule has 10 heteroatoms. The van der Waals surface area contributed by atoms with Crippen LogP contribution in [0.4, 0.5) is 9.93 Å². The highest BCUT2D eigenvalue weighted by Gasteiger charge is 2.24. The van der Waals surface area contributed by atoms with Crippen LogP contribution in [0.2, 0.25) is 0 Å². The lowest BCUT2D eigenvalue weighted by molar-refractivity contribution is -0.147. The number of thiazole rings is 1. The minimum absolute atomic E-state index is 0.138. The Morgan fingerprint density at radius 3 is 2.96 bits per heavy atom. The van der Waals surface area contributed by atoms with Crippen molar-refractivity contribution in [2.45, 2.75) is 6.92 Å². The lowest BCUT2D eigenvalue weighted by Crippen LogP contribution is -2.32. The number of nitrogens with zero attached hydrogens (tertiary/aromatic N) is 2. The molecule has 1 aromatic carbocycles. The van der Waals surface area contributed by atoms with E-state index < -0.39 is 18.5 Å². The fourth-order valence-corrected chi connectivity index (χ4v) is 4.02. The summed E-state index contributed by atoms with van der Waals surface area (Å²) in [6.45, 7) is 2.43. The summed E-state index contributed by atoms with van der Waals surface area (Å²) in [6.07, 6.45) is 0. The van der Waals surface area contributed by atoms with Gasteiger partial charge in [-0.2, -0.15) is 0 Å². The van der Waals surface area contributed by atoms with Gasteiger partial charge in [0, 0.05) is 12.3 Å². The van der Waals surface area contributed by atoms with E-state index in [0.717, 1.165) is 27.7 Å². The number of thioether (sulfide) groups is 1. The van der Waals surface area contributed by atoms with Gasteiger partial charge in [-0.1, -0.05) is 23.1 Å². The number of benzene rings is 1. The van der Waals surface area contributed by atoms with Gasteiger partial charge in [0.25, 0.3) is 11.1 Å². The number of carbonyl (C=O) groups excluding carboxylic acids is 3. The third kappa shape index (κ3) is 4.64. The number of carbonyl (C=O) groups is 3. The summed E-state index contributed by atoms with van der Waals surface area (Å²) in [7, 11) is 0. The molecule has 0 atom stereocenters. The van der Waals surface area contributed by atoms with Gasteiger partial charge in [-0.25, -0.2) is 4.98 Å². The van der Waals surface area contributed by atoms with Gasteiger partial charge >= 0.3 is 5.97 Å². The third-order valence-electron chi connectivity index (χ3n) is 3.45. The third-order valence-corrected chi connectivity index (χ3v) is 5.27. The molecule has 0 radical (unpaired) electrons. The zero-order valence-electron chi connectivity index (χ0n) is 14.0. The largest absolute Gasteiger partial charge is 0.494 e. The van der Waals surface area contributed by atoms with Crippen LogP contribution in [-0.2, 0) is 14.3 Å². The number of hydrogen-bond donors (Lipinski definition) is 1. The van der Waals surface area contributed by atoms with E-state index in [1.165, 1.54) is 16.2 Å². The molecule has 2 heterocycles. The average molecular weight is 395 g/mol. The van der Waals surface area contributed by atoms with Crippen LogP contribution in [0.1, 0.15) is 6.92 Å². The first kappa shape index (κ1) is 18.5. The summed E-state index contributed by atoms with van der Waals surface area (Å²) in [5, 5.41) is 2.88. The summed E-state index contributed by atoms with van der Waals surface area (Å²) < 4.78 is 11.2. The second-order valence-corrected chi connectivity index (χ2v) is 7.40. The maximum absolute atomic E-state index is 11.9. The Kier molecular flexibility index (Phi) is 5.94. The molecule has 1 aliphatic heterocycles. The van der Waals surface area contributed by atoms with Crippen molar-refractivity contribution in [1.29, 1.82) is 0 Å². The molecule has 0 saturated carbocycles. The lowest BCUT2D eigenvalue weighted by atomic mass is 10.3. The lowest BCUT2D eigenvalue weighted by Gasteiger charge is -2.13. The van der Waals surface area contributed by atoms with Crippen molar-refractivity contribution >= 4 is 55.6 Å². The Balaban J connectivity index is 1.50. The number of aromatic nitrogens is 1. The van der Waals surface area contributed by atoms with E-state index in [0.29, 0.717) is 24.0 Å². The van der Waals surface area contributed by atoms with Crippen molar-refractivity contribution in [3.63, 3.8) is 0 Å². The molecule has 138 valence electrons. The molecule has 0 aliphatic carbocycles. The van der Waals surface area contributed by atoms with Crippen LogP contribution in [0.15, 0.2) is 18.2 Å². The van der Waals surface area contributed by atoms with Gasteiger partial charge in [-0.15, -0.1) is 0 Å². The molecule has 2 amide bonds. The van der Waals surface area contributed by atoms with Gasteiger partial charge < -0.3 is 14.4 Å². The van der Waals surface area contributed by atoms with Crippen molar-refractivity contribution in [3.8, 4) is 5.75 Å². The molecule has 0 bridgehead atoms. The Bertz CT molecular complexity index is 838. The first-order valence-electron chi connectivity index (χ1n) is 7.95.